The number of hydrogen-bond donors (Lipinski definition) is 2. The van der Waals surface area contributed by atoms with E-state index in [1.54, 1.807) is 11.8 Å². The highest BCUT2D eigenvalue weighted by Crippen LogP contribution is 2.40. The SMILES string of the molecule is O=C1NC2CC(C(=O)NCCN3CCCCCC3)CCC2S/C1=C/c1ccccc1Cl. The Bertz CT molecular complexity index is 823. The van der Waals surface area contributed by atoms with Crippen molar-refractivity contribution in [2.24, 2.45) is 5.92 Å². The van der Waals surface area contributed by atoms with Crippen molar-refractivity contribution in [2.75, 3.05) is 26.2 Å². The van der Waals surface area contributed by atoms with E-state index < -0.39 is 0 Å². The molecule has 0 radical (unpaired) electrons. The molecule has 2 amide bonds. The van der Waals surface area contributed by atoms with Crippen LogP contribution in [0.15, 0.2) is 29.2 Å². The summed E-state index contributed by atoms with van der Waals surface area (Å²) in [6.07, 6.45) is 9.59. The summed E-state index contributed by atoms with van der Waals surface area (Å²) in [4.78, 5) is 28.6. The number of carbonyl (C=O) groups excluding carboxylic acids is 2. The van der Waals surface area contributed by atoms with E-state index in [-0.39, 0.29) is 23.8 Å². The van der Waals surface area contributed by atoms with Crippen molar-refractivity contribution in [3.63, 3.8) is 0 Å². The quantitative estimate of drug-likeness (QED) is 0.649. The molecule has 3 unspecified atom stereocenters. The van der Waals surface area contributed by atoms with Crippen LogP contribution in [0.25, 0.3) is 6.08 Å². The molecule has 2 N–H and O–H groups in total. The lowest BCUT2D eigenvalue weighted by Crippen LogP contribution is -2.52. The van der Waals surface area contributed by atoms with Gasteiger partial charge in [-0.15, -0.1) is 11.8 Å². The van der Waals surface area contributed by atoms with Crippen molar-refractivity contribution >= 4 is 41.3 Å². The lowest BCUT2D eigenvalue weighted by molar-refractivity contribution is -0.127. The molecule has 5 nitrogen and oxygen atoms in total. The molecule has 3 fully saturated rings. The summed E-state index contributed by atoms with van der Waals surface area (Å²) in [5, 5.41) is 7.25. The lowest BCUT2D eigenvalue weighted by Gasteiger charge is -2.39. The molecule has 0 aromatic heterocycles. The maximum atomic E-state index is 12.7. The number of nitrogens with zero attached hydrogens (tertiary/aromatic N) is 1. The van der Waals surface area contributed by atoms with Crippen LogP contribution >= 0.6 is 23.4 Å². The van der Waals surface area contributed by atoms with Gasteiger partial charge in [0, 0.05) is 35.3 Å². The Hall–Kier alpha value is -1.50. The molecule has 3 aliphatic rings. The molecular weight excluding hydrogens is 430 g/mol. The van der Waals surface area contributed by atoms with Crippen molar-refractivity contribution in [1.29, 1.82) is 0 Å². The molecular formula is C24H32ClN3O2S. The molecule has 1 aromatic rings. The molecule has 2 aliphatic heterocycles. The number of fused-ring (bicyclic) bond motifs is 1. The first-order valence-electron chi connectivity index (χ1n) is 11.5. The van der Waals surface area contributed by atoms with Crippen molar-refractivity contribution in [1.82, 2.24) is 15.5 Å². The monoisotopic (exact) mass is 461 g/mol. The molecule has 1 aromatic carbocycles. The van der Waals surface area contributed by atoms with Gasteiger partial charge in [-0.2, -0.15) is 0 Å². The number of thioether (sulfide) groups is 1. The van der Waals surface area contributed by atoms with Gasteiger partial charge in [0.2, 0.25) is 5.91 Å². The molecule has 31 heavy (non-hydrogen) atoms. The Morgan fingerprint density at radius 2 is 1.97 bits per heavy atom. The Balaban J connectivity index is 1.27. The summed E-state index contributed by atoms with van der Waals surface area (Å²) < 4.78 is 0. The summed E-state index contributed by atoms with van der Waals surface area (Å²) in [5.41, 5.74) is 0.859. The van der Waals surface area contributed by atoms with Crippen LogP contribution in [0.5, 0.6) is 0 Å². The van der Waals surface area contributed by atoms with Gasteiger partial charge in [-0.05, 0) is 62.9 Å². The number of benzene rings is 1. The van der Waals surface area contributed by atoms with E-state index in [9.17, 15) is 9.59 Å². The van der Waals surface area contributed by atoms with Gasteiger partial charge >= 0.3 is 0 Å². The highest BCUT2D eigenvalue weighted by atomic mass is 35.5. The topological polar surface area (TPSA) is 61.4 Å². The van der Waals surface area contributed by atoms with E-state index in [0.29, 0.717) is 15.2 Å². The van der Waals surface area contributed by atoms with Crippen LogP contribution < -0.4 is 10.6 Å². The van der Waals surface area contributed by atoms with E-state index in [4.69, 9.17) is 11.6 Å². The van der Waals surface area contributed by atoms with Crippen molar-refractivity contribution < 1.29 is 9.59 Å². The minimum atomic E-state index is -0.0617. The average Bonchev–Trinajstić information content (AvgIpc) is 3.04. The molecule has 2 saturated heterocycles. The second-order valence-corrected chi connectivity index (χ2v) is 10.5. The summed E-state index contributed by atoms with van der Waals surface area (Å²) in [7, 11) is 0. The second-order valence-electron chi connectivity index (χ2n) is 8.82. The highest BCUT2D eigenvalue weighted by Gasteiger charge is 2.39. The zero-order chi connectivity index (χ0) is 21.6. The zero-order valence-electron chi connectivity index (χ0n) is 17.9. The van der Waals surface area contributed by atoms with E-state index in [1.807, 2.05) is 30.3 Å². The molecule has 0 spiro atoms. The number of rotatable bonds is 5. The van der Waals surface area contributed by atoms with Crippen LogP contribution in [0.2, 0.25) is 5.02 Å². The summed E-state index contributed by atoms with van der Waals surface area (Å²) >= 11 is 7.88. The van der Waals surface area contributed by atoms with E-state index in [1.165, 1.54) is 25.7 Å². The highest BCUT2D eigenvalue weighted by molar-refractivity contribution is 8.04. The number of amides is 2. The van der Waals surface area contributed by atoms with E-state index in [0.717, 1.165) is 51.0 Å². The maximum Gasteiger partial charge on any atom is 0.257 e. The van der Waals surface area contributed by atoms with Gasteiger partial charge in [0.1, 0.15) is 0 Å². The second kappa shape index (κ2) is 10.9. The Kier molecular flexibility index (Phi) is 7.96. The van der Waals surface area contributed by atoms with Crippen molar-refractivity contribution in [3.05, 3.63) is 39.8 Å². The number of likely N-dealkylation sites (tertiary alicyclic amines) is 1. The van der Waals surface area contributed by atoms with E-state index >= 15 is 0 Å². The van der Waals surface area contributed by atoms with Gasteiger partial charge in [-0.1, -0.05) is 42.6 Å². The van der Waals surface area contributed by atoms with Crippen LogP contribution in [0.1, 0.15) is 50.5 Å². The summed E-state index contributed by atoms with van der Waals surface area (Å²) in [6, 6.07) is 7.61. The van der Waals surface area contributed by atoms with Crippen LogP contribution in [-0.2, 0) is 9.59 Å². The van der Waals surface area contributed by atoms with Crippen molar-refractivity contribution in [3.8, 4) is 0 Å². The lowest BCUT2D eigenvalue weighted by atomic mass is 9.84. The van der Waals surface area contributed by atoms with Gasteiger partial charge in [-0.25, -0.2) is 0 Å². The standard InChI is InChI=1S/C24H32ClN3O2S/c25-19-8-4-3-7-17(19)16-22-24(30)27-20-15-18(9-10-21(20)31-22)23(29)26-11-14-28-12-5-1-2-6-13-28/h3-4,7-8,16,18,20-21H,1-2,5-6,9-15H2,(H,26,29)(H,27,30)/b22-16+. The summed E-state index contributed by atoms with van der Waals surface area (Å²) in [5.74, 6) is 0.0682. The minimum Gasteiger partial charge on any atom is -0.355 e. The first-order valence-corrected chi connectivity index (χ1v) is 12.8. The molecule has 3 atom stereocenters. The molecule has 1 aliphatic carbocycles. The number of hydrogen-bond acceptors (Lipinski definition) is 4. The number of nitrogens with one attached hydrogen (secondary N) is 2. The normalized spacial score (nSPS) is 28.5. The smallest absolute Gasteiger partial charge is 0.257 e. The third kappa shape index (κ3) is 6.05. The first kappa shape index (κ1) is 22.7. The molecule has 7 heteroatoms. The molecule has 2 heterocycles. The van der Waals surface area contributed by atoms with Gasteiger partial charge in [0.05, 0.1) is 4.91 Å². The van der Waals surface area contributed by atoms with E-state index in [2.05, 4.69) is 15.5 Å². The molecule has 1 saturated carbocycles. The Morgan fingerprint density at radius 1 is 1.19 bits per heavy atom. The minimum absolute atomic E-state index is 0.0135. The van der Waals surface area contributed by atoms with Gasteiger partial charge in [0.15, 0.2) is 0 Å². The molecule has 4 rings (SSSR count). The Morgan fingerprint density at radius 3 is 2.74 bits per heavy atom. The van der Waals surface area contributed by atoms with Gasteiger partial charge < -0.3 is 15.5 Å². The Labute approximate surface area is 194 Å². The average molecular weight is 462 g/mol. The fourth-order valence-corrected chi connectivity index (χ4v) is 6.28. The van der Waals surface area contributed by atoms with Crippen LogP contribution in [0.3, 0.4) is 0 Å². The predicted molar refractivity (Wildman–Crippen MR) is 128 cm³/mol. The number of halogens is 1. The van der Waals surface area contributed by atoms with Crippen LogP contribution in [0.4, 0.5) is 0 Å². The predicted octanol–water partition coefficient (Wildman–Crippen LogP) is 4.07. The van der Waals surface area contributed by atoms with Gasteiger partial charge in [0.25, 0.3) is 5.91 Å². The molecule has 168 valence electrons. The molecule has 0 bridgehead atoms. The maximum absolute atomic E-state index is 12.7. The zero-order valence-corrected chi connectivity index (χ0v) is 19.5. The fourth-order valence-electron chi connectivity index (χ4n) is 4.80. The third-order valence-corrected chi connectivity index (χ3v) is 8.36. The van der Waals surface area contributed by atoms with Crippen LogP contribution in [-0.4, -0.2) is 54.2 Å². The van der Waals surface area contributed by atoms with Gasteiger partial charge in [-0.3, -0.25) is 9.59 Å². The fraction of sp³-hybridized carbons (Fsp3) is 0.583. The number of carbonyl (C=O) groups is 2. The third-order valence-electron chi connectivity index (χ3n) is 6.59. The summed E-state index contributed by atoms with van der Waals surface area (Å²) in [6.45, 7) is 3.95. The largest absolute Gasteiger partial charge is 0.355 e. The van der Waals surface area contributed by atoms with Crippen LogP contribution in [0, 0.1) is 5.92 Å². The first-order chi connectivity index (χ1) is 15.1. The van der Waals surface area contributed by atoms with Crippen molar-refractivity contribution in [2.45, 2.75) is 56.2 Å².